The summed E-state index contributed by atoms with van der Waals surface area (Å²) in [5.74, 6) is -0.295. The number of benzene rings is 1. The van der Waals surface area contributed by atoms with E-state index >= 15 is 0 Å². The molecule has 4 nitrogen and oxygen atoms in total. The summed E-state index contributed by atoms with van der Waals surface area (Å²) in [6.07, 6.45) is 7.37. The highest BCUT2D eigenvalue weighted by Crippen LogP contribution is 2.27. The summed E-state index contributed by atoms with van der Waals surface area (Å²) in [7, 11) is 0. The van der Waals surface area contributed by atoms with Crippen molar-refractivity contribution in [2.45, 2.75) is 44.6 Å². The van der Waals surface area contributed by atoms with Crippen molar-refractivity contribution in [3.63, 3.8) is 0 Å². The number of hydrogen-bond acceptors (Lipinski definition) is 2. The monoisotopic (exact) mass is 318 g/mol. The first-order chi connectivity index (χ1) is 11.2. The van der Waals surface area contributed by atoms with E-state index in [0.717, 1.165) is 32.1 Å². The van der Waals surface area contributed by atoms with Crippen LogP contribution >= 0.6 is 0 Å². The summed E-state index contributed by atoms with van der Waals surface area (Å²) in [5, 5.41) is 13.1. The van der Waals surface area contributed by atoms with Crippen LogP contribution in [-0.4, -0.2) is 28.6 Å². The number of halogens is 1. The molecule has 1 aliphatic rings. The third-order valence-corrected chi connectivity index (χ3v) is 4.81. The lowest BCUT2D eigenvalue weighted by atomic mass is 9.83. The van der Waals surface area contributed by atoms with E-state index in [1.165, 1.54) is 12.5 Å². The Bertz CT molecular complexity index is 683. The van der Waals surface area contributed by atoms with Gasteiger partial charge in [0.25, 0.3) is 5.91 Å². The molecule has 3 rings (SSSR count). The first-order valence-corrected chi connectivity index (χ1v) is 8.38. The molecule has 0 saturated heterocycles. The summed E-state index contributed by atoms with van der Waals surface area (Å²) < 4.78 is 13.9. The van der Waals surface area contributed by atoms with Gasteiger partial charge >= 0.3 is 0 Å². The lowest BCUT2D eigenvalue weighted by Crippen LogP contribution is -2.27. The molecule has 1 aliphatic carbocycles. The maximum atomic E-state index is 13.9. The highest BCUT2D eigenvalue weighted by Gasteiger charge is 2.22. The van der Waals surface area contributed by atoms with E-state index in [2.05, 4.69) is 10.3 Å². The van der Waals surface area contributed by atoms with Crippen molar-refractivity contribution < 1.29 is 14.3 Å². The quantitative estimate of drug-likeness (QED) is 0.740. The van der Waals surface area contributed by atoms with E-state index in [9.17, 15) is 14.3 Å². The number of aromatic nitrogens is 1. The Morgan fingerprint density at radius 3 is 3.00 bits per heavy atom. The number of aliphatic hydroxyl groups is 1. The van der Waals surface area contributed by atoms with E-state index in [1.54, 1.807) is 18.3 Å². The minimum absolute atomic E-state index is 0.192. The second-order valence-corrected chi connectivity index (χ2v) is 6.37. The third kappa shape index (κ3) is 3.55. The van der Waals surface area contributed by atoms with Crippen LogP contribution in [0.3, 0.4) is 0 Å². The van der Waals surface area contributed by atoms with Crippen LogP contribution in [0.5, 0.6) is 0 Å². The van der Waals surface area contributed by atoms with Gasteiger partial charge < -0.3 is 15.4 Å². The molecule has 0 aliphatic heterocycles. The van der Waals surface area contributed by atoms with Crippen molar-refractivity contribution in [3.8, 4) is 0 Å². The van der Waals surface area contributed by atoms with Crippen LogP contribution in [-0.2, 0) is 0 Å². The van der Waals surface area contributed by atoms with Crippen LogP contribution < -0.4 is 5.32 Å². The fourth-order valence-electron chi connectivity index (χ4n) is 3.51. The Balaban J connectivity index is 1.53. The molecule has 1 fully saturated rings. The standard InChI is InChI=1S/C18H23FN2O2/c19-14-7-3-8-15-17(14)13(11-21-15)18(23)20-10-4-6-12-5-1-2-9-16(12)22/h3,7-8,11-12,16,21-22H,1-2,4-6,9-10H2,(H,20,23). The molecule has 1 aromatic heterocycles. The zero-order chi connectivity index (χ0) is 16.2. The third-order valence-electron chi connectivity index (χ3n) is 4.81. The van der Waals surface area contributed by atoms with Crippen molar-refractivity contribution in [1.82, 2.24) is 10.3 Å². The highest BCUT2D eigenvalue weighted by molar-refractivity contribution is 6.06. The van der Waals surface area contributed by atoms with E-state index in [4.69, 9.17) is 0 Å². The Morgan fingerprint density at radius 1 is 1.35 bits per heavy atom. The predicted octanol–water partition coefficient (Wildman–Crippen LogP) is 3.37. The van der Waals surface area contributed by atoms with Crippen molar-refractivity contribution in [2.24, 2.45) is 5.92 Å². The number of fused-ring (bicyclic) bond motifs is 1. The van der Waals surface area contributed by atoms with Gasteiger partial charge in [0.15, 0.2) is 0 Å². The largest absolute Gasteiger partial charge is 0.393 e. The van der Waals surface area contributed by atoms with Crippen LogP contribution in [0.2, 0.25) is 0 Å². The first kappa shape index (κ1) is 16.0. The average molecular weight is 318 g/mol. The highest BCUT2D eigenvalue weighted by atomic mass is 19.1. The minimum atomic E-state index is -0.390. The summed E-state index contributed by atoms with van der Waals surface area (Å²) >= 11 is 0. The summed E-state index contributed by atoms with van der Waals surface area (Å²) in [6, 6.07) is 4.72. The maximum absolute atomic E-state index is 13.9. The molecule has 0 radical (unpaired) electrons. The van der Waals surface area contributed by atoms with Gasteiger partial charge in [-0.3, -0.25) is 4.79 Å². The van der Waals surface area contributed by atoms with Crippen molar-refractivity contribution in [3.05, 3.63) is 35.8 Å². The van der Waals surface area contributed by atoms with Gasteiger partial charge in [0.05, 0.1) is 11.7 Å². The molecule has 1 heterocycles. The fraction of sp³-hybridized carbons (Fsp3) is 0.500. The van der Waals surface area contributed by atoms with Crippen LogP contribution in [0.1, 0.15) is 48.9 Å². The van der Waals surface area contributed by atoms with Gasteiger partial charge in [-0.15, -0.1) is 0 Å². The lowest BCUT2D eigenvalue weighted by molar-refractivity contribution is 0.0641. The second kappa shape index (κ2) is 7.13. The van der Waals surface area contributed by atoms with Gasteiger partial charge in [0.1, 0.15) is 5.82 Å². The number of rotatable bonds is 5. The number of H-pyrrole nitrogens is 1. The van der Waals surface area contributed by atoms with Crippen molar-refractivity contribution >= 4 is 16.8 Å². The molecule has 124 valence electrons. The van der Waals surface area contributed by atoms with Gasteiger partial charge in [0.2, 0.25) is 0 Å². The number of carbonyl (C=O) groups excluding carboxylic acids is 1. The number of aromatic amines is 1. The number of hydrogen-bond donors (Lipinski definition) is 3. The lowest BCUT2D eigenvalue weighted by Gasteiger charge is -2.27. The van der Waals surface area contributed by atoms with Crippen LogP contribution in [0.15, 0.2) is 24.4 Å². The molecule has 0 spiro atoms. The molecule has 1 aromatic carbocycles. The van der Waals surface area contributed by atoms with Crippen LogP contribution in [0, 0.1) is 11.7 Å². The molecular weight excluding hydrogens is 295 g/mol. The number of nitrogens with one attached hydrogen (secondary N) is 2. The van der Waals surface area contributed by atoms with Gasteiger partial charge in [-0.05, 0) is 43.7 Å². The Morgan fingerprint density at radius 2 is 2.17 bits per heavy atom. The van der Waals surface area contributed by atoms with E-state index in [1.807, 2.05) is 0 Å². The van der Waals surface area contributed by atoms with Crippen molar-refractivity contribution in [2.75, 3.05) is 6.54 Å². The molecule has 2 atom stereocenters. The number of amides is 1. The zero-order valence-corrected chi connectivity index (χ0v) is 13.1. The Kier molecular flexibility index (Phi) is 4.96. The smallest absolute Gasteiger partial charge is 0.253 e. The van der Waals surface area contributed by atoms with Gasteiger partial charge in [0, 0.05) is 23.6 Å². The molecule has 1 amide bonds. The molecular formula is C18H23FN2O2. The SMILES string of the molecule is O=C(NCCCC1CCCCC1O)c1c[nH]c2cccc(F)c12. The van der Waals surface area contributed by atoms with Crippen molar-refractivity contribution in [1.29, 1.82) is 0 Å². The summed E-state index contributed by atoms with van der Waals surface area (Å²) in [6.45, 7) is 0.545. The van der Waals surface area contributed by atoms with Gasteiger partial charge in [-0.1, -0.05) is 18.9 Å². The molecule has 0 bridgehead atoms. The Labute approximate surface area is 135 Å². The van der Waals surface area contributed by atoms with Crippen LogP contribution in [0.4, 0.5) is 4.39 Å². The van der Waals surface area contributed by atoms with Crippen LogP contribution in [0.25, 0.3) is 10.9 Å². The van der Waals surface area contributed by atoms with Gasteiger partial charge in [-0.2, -0.15) is 0 Å². The summed E-state index contributed by atoms with van der Waals surface area (Å²) in [5.41, 5.74) is 0.969. The van der Waals surface area contributed by atoms with E-state index in [-0.39, 0.29) is 17.8 Å². The molecule has 2 aromatic rings. The number of carbonyl (C=O) groups is 1. The van der Waals surface area contributed by atoms with Gasteiger partial charge in [-0.25, -0.2) is 4.39 Å². The fourth-order valence-corrected chi connectivity index (χ4v) is 3.51. The minimum Gasteiger partial charge on any atom is -0.393 e. The topological polar surface area (TPSA) is 65.1 Å². The molecule has 5 heteroatoms. The van der Waals surface area contributed by atoms with E-state index in [0.29, 0.717) is 28.9 Å². The maximum Gasteiger partial charge on any atom is 0.253 e. The summed E-state index contributed by atoms with van der Waals surface area (Å²) in [4.78, 5) is 15.2. The zero-order valence-electron chi connectivity index (χ0n) is 13.1. The molecule has 1 saturated carbocycles. The molecule has 3 N–H and O–H groups in total. The first-order valence-electron chi connectivity index (χ1n) is 8.38. The number of aliphatic hydroxyl groups excluding tert-OH is 1. The predicted molar refractivity (Wildman–Crippen MR) is 87.8 cm³/mol. The molecule has 2 unspecified atom stereocenters. The average Bonchev–Trinajstić information content (AvgIpc) is 2.98. The second-order valence-electron chi connectivity index (χ2n) is 6.37. The normalized spacial score (nSPS) is 21.5. The van der Waals surface area contributed by atoms with E-state index < -0.39 is 0 Å². The Hall–Kier alpha value is -1.88. The molecule has 23 heavy (non-hydrogen) atoms.